The van der Waals surface area contributed by atoms with E-state index in [9.17, 15) is 9.59 Å². The summed E-state index contributed by atoms with van der Waals surface area (Å²) >= 11 is 0. The van der Waals surface area contributed by atoms with Crippen LogP contribution in [0, 0.1) is 5.92 Å². The molecular weight excluding hydrogens is 282 g/mol. The van der Waals surface area contributed by atoms with E-state index < -0.39 is 0 Å². The Balaban J connectivity index is 1.63. The molecule has 0 radical (unpaired) electrons. The van der Waals surface area contributed by atoms with Gasteiger partial charge >= 0.3 is 0 Å². The monoisotopic (exact) mass is 299 g/mol. The van der Waals surface area contributed by atoms with Crippen LogP contribution in [0.25, 0.3) is 0 Å². The van der Waals surface area contributed by atoms with Crippen molar-refractivity contribution in [2.45, 2.75) is 12.8 Å². The first-order valence-electron chi connectivity index (χ1n) is 7.26. The Morgan fingerprint density at radius 2 is 2.09 bits per heavy atom. The third-order valence-electron chi connectivity index (χ3n) is 3.80. The second-order valence-electron chi connectivity index (χ2n) is 5.33. The average molecular weight is 299 g/mol. The maximum absolute atomic E-state index is 12.3. The summed E-state index contributed by atoms with van der Waals surface area (Å²) in [5.74, 6) is -0.344. The smallest absolute Gasteiger partial charge is 0.257 e. The highest BCUT2D eigenvalue weighted by Gasteiger charge is 2.29. The van der Waals surface area contributed by atoms with Crippen LogP contribution in [-0.2, 0) is 4.79 Å². The number of nitrogens with zero attached hydrogens (tertiary/aromatic N) is 2. The fourth-order valence-corrected chi connectivity index (χ4v) is 2.62. The molecule has 6 nitrogen and oxygen atoms in total. The SMILES string of the molecule is O=C(Nc1ccncc1)[C@@H]1CCCN(C(=O)c2ccoc2)C1. The molecule has 3 heterocycles. The first-order valence-corrected chi connectivity index (χ1v) is 7.26. The zero-order valence-electron chi connectivity index (χ0n) is 12.1. The third kappa shape index (κ3) is 3.16. The van der Waals surface area contributed by atoms with Crippen LogP contribution in [0.4, 0.5) is 5.69 Å². The zero-order chi connectivity index (χ0) is 15.4. The Morgan fingerprint density at radius 3 is 2.82 bits per heavy atom. The Kier molecular flexibility index (Phi) is 4.18. The second kappa shape index (κ2) is 6.43. The van der Waals surface area contributed by atoms with E-state index in [1.165, 1.54) is 12.5 Å². The van der Waals surface area contributed by atoms with Crippen LogP contribution >= 0.6 is 0 Å². The van der Waals surface area contributed by atoms with E-state index in [2.05, 4.69) is 10.3 Å². The van der Waals surface area contributed by atoms with Gasteiger partial charge in [-0.25, -0.2) is 0 Å². The molecule has 114 valence electrons. The van der Waals surface area contributed by atoms with E-state index in [1.54, 1.807) is 35.5 Å². The quantitative estimate of drug-likeness (QED) is 0.942. The molecule has 1 aliphatic rings. The van der Waals surface area contributed by atoms with Crippen LogP contribution in [0.3, 0.4) is 0 Å². The minimum atomic E-state index is -0.197. The molecule has 0 saturated carbocycles. The van der Waals surface area contributed by atoms with Crippen molar-refractivity contribution in [1.29, 1.82) is 0 Å². The van der Waals surface area contributed by atoms with Crippen LogP contribution in [0.2, 0.25) is 0 Å². The number of hydrogen-bond donors (Lipinski definition) is 1. The van der Waals surface area contributed by atoms with Crippen LogP contribution in [0.1, 0.15) is 23.2 Å². The minimum absolute atomic E-state index is 0.0594. The van der Waals surface area contributed by atoms with Gasteiger partial charge in [0.2, 0.25) is 5.91 Å². The number of likely N-dealkylation sites (tertiary alicyclic amines) is 1. The first kappa shape index (κ1) is 14.3. The number of amides is 2. The molecule has 1 N–H and O–H groups in total. The number of pyridine rings is 1. The lowest BCUT2D eigenvalue weighted by atomic mass is 9.96. The van der Waals surface area contributed by atoms with Gasteiger partial charge in [-0.05, 0) is 31.0 Å². The lowest BCUT2D eigenvalue weighted by molar-refractivity contribution is -0.121. The van der Waals surface area contributed by atoms with Crippen LogP contribution < -0.4 is 5.32 Å². The zero-order valence-corrected chi connectivity index (χ0v) is 12.1. The molecule has 22 heavy (non-hydrogen) atoms. The summed E-state index contributed by atoms with van der Waals surface area (Å²) in [6, 6.07) is 5.13. The highest BCUT2D eigenvalue weighted by atomic mass is 16.3. The lowest BCUT2D eigenvalue weighted by Gasteiger charge is -2.31. The third-order valence-corrected chi connectivity index (χ3v) is 3.80. The number of rotatable bonds is 3. The topological polar surface area (TPSA) is 75.4 Å². The van der Waals surface area contributed by atoms with Gasteiger partial charge in [0.15, 0.2) is 0 Å². The van der Waals surface area contributed by atoms with Crippen molar-refractivity contribution in [2.75, 3.05) is 18.4 Å². The summed E-state index contributed by atoms with van der Waals surface area (Å²) in [5, 5.41) is 2.87. The molecule has 1 fully saturated rings. The predicted molar refractivity (Wildman–Crippen MR) is 80.2 cm³/mol. The van der Waals surface area contributed by atoms with Crippen molar-refractivity contribution in [3.05, 3.63) is 48.7 Å². The highest BCUT2D eigenvalue weighted by Crippen LogP contribution is 2.20. The van der Waals surface area contributed by atoms with Gasteiger partial charge < -0.3 is 14.6 Å². The minimum Gasteiger partial charge on any atom is -0.472 e. The molecule has 1 atom stereocenters. The largest absolute Gasteiger partial charge is 0.472 e. The first-order chi connectivity index (χ1) is 10.7. The standard InChI is InChI=1S/C16H17N3O3/c20-15(18-14-3-6-17-7-4-14)12-2-1-8-19(10-12)16(21)13-5-9-22-11-13/h3-7,9,11-12H,1-2,8,10H2,(H,17,18,20)/t12-/m1/s1. The maximum atomic E-state index is 12.3. The van der Waals surface area contributed by atoms with Crippen molar-refractivity contribution in [1.82, 2.24) is 9.88 Å². The molecule has 3 rings (SSSR count). The Hall–Kier alpha value is -2.63. The summed E-state index contributed by atoms with van der Waals surface area (Å²) in [5.41, 5.74) is 1.24. The molecular formula is C16H17N3O3. The summed E-state index contributed by atoms with van der Waals surface area (Å²) in [7, 11) is 0. The molecule has 2 aromatic heterocycles. The fourth-order valence-electron chi connectivity index (χ4n) is 2.62. The van der Waals surface area contributed by atoms with Gasteiger partial charge in [-0.2, -0.15) is 0 Å². The fraction of sp³-hybridized carbons (Fsp3) is 0.312. The van der Waals surface area contributed by atoms with E-state index in [4.69, 9.17) is 4.42 Å². The molecule has 6 heteroatoms. The number of carbonyl (C=O) groups is 2. The van der Waals surface area contributed by atoms with Crippen LogP contribution in [-0.4, -0.2) is 34.8 Å². The normalized spacial score (nSPS) is 18.0. The summed E-state index contributed by atoms with van der Waals surface area (Å²) in [4.78, 5) is 30.3. The number of anilines is 1. The van der Waals surface area contributed by atoms with Crippen molar-refractivity contribution >= 4 is 17.5 Å². The molecule has 1 saturated heterocycles. The van der Waals surface area contributed by atoms with Gasteiger partial charge in [-0.15, -0.1) is 0 Å². The maximum Gasteiger partial charge on any atom is 0.257 e. The Morgan fingerprint density at radius 1 is 1.27 bits per heavy atom. The molecule has 0 unspecified atom stereocenters. The number of piperidine rings is 1. The lowest BCUT2D eigenvalue weighted by Crippen LogP contribution is -2.43. The molecule has 2 aromatic rings. The number of nitrogens with one attached hydrogen (secondary N) is 1. The predicted octanol–water partition coefficient (Wildman–Crippen LogP) is 2.17. The summed E-state index contributed by atoms with van der Waals surface area (Å²) < 4.78 is 4.95. The molecule has 0 bridgehead atoms. The van der Waals surface area contributed by atoms with Gasteiger partial charge in [0.05, 0.1) is 17.7 Å². The summed E-state index contributed by atoms with van der Waals surface area (Å²) in [6.45, 7) is 1.10. The highest BCUT2D eigenvalue weighted by molar-refractivity contribution is 5.96. The average Bonchev–Trinajstić information content (AvgIpc) is 3.09. The van der Waals surface area contributed by atoms with Crippen molar-refractivity contribution in [2.24, 2.45) is 5.92 Å². The molecule has 0 aromatic carbocycles. The molecule has 2 amide bonds. The number of hydrogen-bond acceptors (Lipinski definition) is 4. The van der Waals surface area contributed by atoms with Crippen LogP contribution in [0.5, 0.6) is 0 Å². The van der Waals surface area contributed by atoms with Gasteiger partial charge in [-0.3, -0.25) is 14.6 Å². The van der Waals surface area contributed by atoms with Crippen molar-refractivity contribution in [3.63, 3.8) is 0 Å². The number of furan rings is 1. The van der Waals surface area contributed by atoms with Crippen molar-refractivity contribution in [3.8, 4) is 0 Å². The number of carbonyl (C=O) groups excluding carboxylic acids is 2. The van der Waals surface area contributed by atoms with Gasteiger partial charge in [0, 0.05) is 31.2 Å². The van der Waals surface area contributed by atoms with Gasteiger partial charge in [-0.1, -0.05) is 0 Å². The Labute approximate surface area is 128 Å². The van der Waals surface area contributed by atoms with Crippen molar-refractivity contribution < 1.29 is 14.0 Å². The van der Waals surface area contributed by atoms with Gasteiger partial charge in [0.25, 0.3) is 5.91 Å². The van der Waals surface area contributed by atoms with E-state index in [-0.39, 0.29) is 17.7 Å². The summed E-state index contributed by atoms with van der Waals surface area (Å²) in [6.07, 6.45) is 7.77. The second-order valence-corrected chi connectivity index (χ2v) is 5.33. The van der Waals surface area contributed by atoms with Gasteiger partial charge in [0.1, 0.15) is 6.26 Å². The van der Waals surface area contributed by atoms with E-state index in [1.807, 2.05) is 0 Å². The van der Waals surface area contributed by atoms with E-state index >= 15 is 0 Å². The molecule has 0 spiro atoms. The molecule has 0 aliphatic carbocycles. The number of aromatic nitrogens is 1. The van der Waals surface area contributed by atoms with E-state index in [0.717, 1.165) is 18.5 Å². The van der Waals surface area contributed by atoms with Crippen LogP contribution in [0.15, 0.2) is 47.5 Å². The molecule has 1 aliphatic heterocycles. The Bertz CT molecular complexity index is 640. The van der Waals surface area contributed by atoms with E-state index in [0.29, 0.717) is 18.7 Å².